The number of hydrogen-bond donors (Lipinski definition) is 0. The van der Waals surface area contributed by atoms with Gasteiger partial charge < -0.3 is 14.1 Å². The Morgan fingerprint density at radius 2 is 1.90 bits per heavy atom. The molecule has 5 rings (SSSR count). The first-order chi connectivity index (χ1) is 14.8. The van der Waals surface area contributed by atoms with Crippen LogP contribution in [-0.2, 0) is 4.74 Å². The third kappa shape index (κ3) is 3.36. The second-order valence-corrected chi connectivity index (χ2v) is 9.11. The molecule has 0 saturated carbocycles. The molecule has 1 amide bonds. The number of nitrogens with zero attached hydrogens (tertiary/aromatic N) is 1. The number of halogens is 2. The first-order valence-electron chi connectivity index (χ1n) is 10.3. The molecule has 5 nitrogen and oxygen atoms in total. The lowest BCUT2D eigenvalue weighted by Gasteiger charge is -2.27. The van der Waals surface area contributed by atoms with Crippen LogP contribution < -0.4 is 5.43 Å². The third-order valence-electron chi connectivity index (χ3n) is 6.10. The van der Waals surface area contributed by atoms with E-state index in [-0.39, 0.29) is 23.2 Å². The maximum atomic E-state index is 13.7. The number of fused-ring (bicyclic) bond motifs is 2. The zero-order valence-corrected chi connectivity index (χ0v) is 18.7. The fraction of sp³-hybridized carbons (Fsp3) is 0.333. The van der Waals surface area contributed by atoms with E-state index in [1.165, 1.54) is 0 Å². The zero-order valence-electron chi connectivity index (χ0n) is 17.2. The number of carbonyl (C=O) groups is 1. The molecule has 2 aliphatic heterocycles. The Morgan fingerprint density at radius 3 is 2.61 bits per heavy atom. The predicted octanol–water partition coefficient (Wildman–Crippen LogP) is 5.44. The summed E-state index contributed by atoms with van der Waals surface area (Å²) < 4.78 is 11.9. The van der Waals surface area contributed by atoms with Gasteiger partial charge in [-0.25, -0.2) is 0 Å². The van der Waals surface area contributed by atoms with Gasteiger partial charge in [0.05, 0.1) is 33.1 Å². The van der Waals surface area contributed by atoms with Crippen molar-refractivity contribution in [1.82, 2.24) is 4.90 Å². The molecule has 2 atom stereocenters. The molecule has 0 bridgehead atoms. The van der Waals surface area contributed by atoms with Gasteiger partial charge in [-0.05, 0) is 61.6 Å². The molecule has 1 saturated heterocycles. The Kier molecular flexibility index (Phi) is 5.08. The third-order valence-corrected chi connectivity index (χ3v) is 6.83. The standard InChI is InChI=1S/C24H21Cl2NO4/c1-12-8-13(2)19-18(9-12)31-23-20(22(19)28)21(14-5-6-16(25)17(26)10-14)27(24(23)29)11-15-4-3-7-30-15/h5-6,8-10,15,21H,3-4,7,11H2,1-2H3. The maximum Gasteiger partial charge on any atom is 0.291 e. The lowest BCUT2D eigenvalue weighted by atomic mass is 9.96. The van der Waals surface area contributed by atoms with Crippen LogP contribution in [0.2, 0.25) is 10.0 Å². The van der Waals surface area contributed by atoms with Crippen LogP contribution in [0.1, 0.15) is 51.7 Å². The van der Waals surface area contributed by atoms with Crippen molar-refractivity contribution < 1.29 is 13.9 Å². The van der Waals surface area contributed by atoms with Gasteiger partial charge in [-0.2, -0.15) is 0 Å². The molecule has 2 aromatic carbocycles. The van der Waals surface area contributed by atoms with Gasteiger partial charge in [-0.3, -0.25) is 9.59 Å². The van der Waals surface area contributed by atoms with E-state index < -0.39 is 6.04 Å². The summed E-state index contributed by atoms with van der Waals surface area (Å²) in [5.41, 5.74) is 3.10. The second-order valence-electron chi connectivity index (χ2n) is 8.30. The minimum atomic E-state index is -0.609. The lowest BCUT2D eigenvalue weighted by Crippen LogP contribution is -2.36. The summed E-state index contributed by atoms with van der Waals surface area (Å²) in [5.74, 6) is -0.212. The van der Waals surface area contributed by atoms with Gasteiger partial charge in [0.15, 0.2) is 5.43 Å². The highest BCUT2D eigenvalue weighted by atomic mass is 35.5. The molecule has 2 unspecified atom stereocenters. The van der Waals surface area contributed by atoms with E-state index in [0.29, 0.717) is 39.7 Å². The molecule has 0 radical (unpaired) electrons. The molecular weight excluding hydrogens is 437 g/mol. The molecule has 0 spiro atoms. The monoisotopic (exact) mass is 457 g/mol. The van der Waals surface area contributed by atoms with Crippen molar-refractivity contribution in [3.05, 3.63) is 78.6 Å². The van der Waals surface area contributed by atoms with Crippen molar-refractivity contribution in [1.29, 1.82) is 0 Å². The Labute approximate surface area is 189 Å². The summed E-state index contributed by atoms with van der Waals surface area (Å²) in [5, 5.41) is 1.28. The number of carbonyl (C=O) groups excluding carboxylic acids is 1. The van der Waals surface area contributed by atoms with Crippen molar-refractivity contribution in [2.24, 2.45) is 0 Å². The maximum absolute atomic E-state index is 13.7. The van der Waals surface area contributed by atoms with Crippen LogP contribution in [0, 0.1) is 13.8 Å². The van der Waals surface area contributed by atoms with E-state index in [4.69, 9.17) is 32.4 Å². The van der Waals surface area contributed by atoms with E-state index in [9.17, 15) is 9.59 Å². The number of amides is 1. The normalized spacial score (nSPS) is 20.6. The molecule has 2 aliphatic rings. The van der Waals surface area contributed by atoms with Crippen LogP contribution in [0.25, 0.3) is 11.0 Å². The van der Waals surface area contributed by atoms with Gasteiger partial charge in [0.25, 0.3) is 5.91 Å². The molecule has 1 aromatic heterocycles. The highest BCUT2D eigenvalue weighted by molar-refractivity contribution is 6.42. The SMILES string of the molecule is Cc1cc(C)c2c(=O)c3c(oc2c1)C(=O)N(CC1CCCO1)C3c1ccc(Cl)c(Cl)c1. The number of aryl methyl sites for hydroxylation is 2. The average Bonchev–Trinajstić information content (AvgIpc) is 3.32. The van der Waals surface area contributed by atoms with Crippen molar-refractivity contribution in [2.75, 3.05) is 13.2 Å². The van der Waals surface area contributed by atoms with Gasteiger partial charge >= 0.3 is 0 Å². The molecular formula is C24H21Cl2NO4. The van der Waals surface area contributed by atoms with Crippen molar-refractivity contribution in [2.45, 2.75) is 38.8 Å². The smallest absolute Gasteiger partial charge is 0.291 e. The summed E-state index contributed by atoms with van der Waals surface area (Å²) in [7, 11) is 0. The predicted molar refractivity (Wildman–Crippen MR) is 120 cm³/mol. The van der Waals surface area contributed by atoms with Gasteiger partial charge in [0.1, 0.15) is 5.58 Å². The molecule has 31 heavy (non-hydrogen) atoms. The second kappa shape index (κ2) is 7.66. The van der Waals surface area contributed by atoms with E-state index >= 15 is 0 Å². The van der Waals surface area contributed by atoms with Crippen LogP contribution in [0.15, 0.2) is 39.5 Å². The van der Waals surface area contributed by atoms with E-state index in [1.807, 2.05) is 19.9 Å². The minimum Gasteiger partial charge on any atom is -0.450 e. The lowest BCUT2D eigenvalue weighted by molar-refractivity contribution is 0.0486. The molecule has 160 valence electrons. The Morgan fingerprint density at radius 1 is 1.10 bits per heavy atom. The first-order valence-corrected chi connectivity index (χ1v) is 11.1. The van der Waals surface area contributed by atoms with Crippen LogP contribution in [0.5, 0.6) is 0 Å². The summed E-state index contributed by atoms with van der Waals surface area (Å²) >= 11 is 12.4. The summed E-state index contributed by atoms with van der Waals surface area (Å²) in [6.07, 6.45) is 1.75. The molecule has 3 heterocycles. The van der Waals surface area contributed by atoms with Crippen molar-refractivity contribution >= 4 is 40.1 Å². The first kappa shape index (κ1) is 20.6. The molecule has 7 heteroatoms. The fourth-order valence-corrected chi connectivity index (χ4v) is 5.05. The van der Waals surface area contributed by atoms with E-state index in [1.54, 1.807) is 29.2 Å². The average molecular weight is 458 g/mol. The van der Waals surface area contributed by atoms with Gasteiger partial charge in [0.2, 0.25) is 5.76 Å². The van der Waals surface area contributed by atoms with Gasteiger partial charge in [0, 0.05) is 13.2 Å². The summed E-state index contributed by atoms with van der Waals surface area (Å²) in [4.78, 5) is 28.8. The van der Waals surface area contributed by atoms with Crippen LogP contribution in [0.4, 0.5) is 0 Å². The fourth-order valence-electron chi connectivity index (χ4n) is 4.74. The van der Waals surface area contributed by atoms with E-state index in [0.717, 1.165) is 29.5 Å². The van der Waals surface area contributed by atoms with E-state index in [2.05, 4.69) is 0 Å². The Bertz CT molecular complexity index is 1280. The van der Waals surface area contributed by atoms with Crippen molar-refractivity contribution in [3.8, 4) is 0 Å². The number of benzene rings is 2. The minimum absolute atomic E-state index is 0.0722. The Hall–Kier alpha value is -2.34. The topological polar surface area (TPSA) is 59.8 Å². The highest BCUT2D eigenvalue weighted by Crippen LogP contribution is 2.40. The van der Waals surface area contributed by atoms with Crippen LogP contribution in [-0.4, -0.2) is 30.1 Å². The largest absolute Gasteiger partial charge is 0.450 e. The summed E-state index contributed by atoms with van der Waals surface area (Å²) in [6.45, 7) is 4.87. The van der Waals surface area contributed by atoms with Crippen molar-refractivity contribution in [3.63, 3.8) is 0 Å². The molecule has 1 fully saturated rings. The quantitative estimate of drug-likeness (QED) is 0.525. The number of rotatable bonds is 3. The van der Waals surface area contributed by atoms with Crippen LogP contribution in [0.3, 0.4) is 0 Å². The highest BCUT2D eigenvalue weighted by Gasteiger charge is 2.44. The molecule has 3 aromatic rings. The van der Waals surface area contributed by atoms with Crippen LogP contribution >= 0.6 is 23.2 Å². The molecule has 0 N–H and O–H groups in total. The van der Waals surface area contributed by atoms with Gasteiger partial charge in [-0.15, -0.1) is 0 Å². The number of hydrogen-bond acceptors (Lipinski definition) is 4. The number of ether oxygens (including phenoxy) is 1. The molecule has 0 aliphatic carbocycles. The summed E-state index contributed by atoms with van der Waals surface area (Å²) in [6, 6.07) is 8.33. The zero-order chi connectivity index (χ0) is 21.9. The van der Waals surface area contributed by atoms with Gasteiger partial charge in [-0.1, -0.05) is 35.3 Å². The Balaban J connectivity index is 1.74.